The maximum atomic E-state index is 12.4. The third-order valence-corrected chi connectivity index (χ3v) is 3.47. The zero-order valence-corrected chi connectivity index (χ0v) is 12.0. The average molecular weight is 302 g/mol. The number of hydrogen-bond acceptors (Lipinski definition) is 4. The molecular weight excluding hydrogens is 290 g/mol. The molecule has 0 saturated carbocycles. The Morgan fingerprint density at radius 3 is 2.57 bits per heavy atom. The van der Waals surface area contributed by atoms with Crippen molar-refractivity contribution in [2.24, 2.45) is 0 Å². The van der Waals surface area contributed by atoms with Gasteiger partial charge in [-0.2, -0.15) is 0 Å². The van der Waals surface area contributed by atoms with Crippen molar-refractivity contribution in [1.29, 1.82) is 0 Å². The fraction of sp³-hybridized carbons (Fsp3) is 0.0667. The number of ether oxygens (including phenoxy) is 1. The van der Waals surface area contributed by atoms with Gasteiger partial charge in [0.25, 0.3) is 5.56 Å². The summed E-state index contributed by atoms with van der Waals surface area (Å²) >= 11 is 5.87. The van der Waals surface area contributed by atoms with Crippen molar-refractivity contribution in [3.8, 4) is 17.1 Å². The molecule has 2 aromatic carbocycles. The van der Waals surface area contributed by atoms with Crippen molar-refractivity contribution in [3.05, 3.63) is 57.8 Å². The van der Waals surface area contributed by atoms with E-state index < -0.39 is 0 Å². The molecule has 0 saturated heterocycles. The van der Waals surface area contributed by atoms with Gasteiger partial charge in [-0.25, -0.2) is 9.66 Å². The van der Waals surface area contributed by atoms with Gasteiger partial charge in [-0.15, -0.1) is 0 Å². The number of halogens is 1. The number of para-hydroxylation sites is 1. The normalized spacial score (nSPS) is 10.8. The first-order chi connectivity index (χ1) is 10.1. The van der Waals surface area contributed by atoms with Crippen molar-refractivity contribution in [2.45, 2.75) is 0 Å². The molecule has 1 aromatic heterocycles. The third kappa shape index (κ3) is 2.21. The molecule has 1 heterocycles. The van der Waals surface area contributed by atoms with E-state index in [1.165, 1.54) is 7.11 Å². The second-order valence-electron chi connectivity index (χ2n) is 4.47. The van der Waals surface area contributed by atoms with E-state index in [2.05, 4.69) is 4.98 Å². The highest BCUT2D eigenvalue weighted by Gasteiger charge is 2.13. The maximum Gasteiger partial charge on any atom is 0.280 e. The van der Waals surface area contributed by atoms with Gasteiger partial charge in [0.05, 0.1) is 12.5 Å². The van der Waals surface area contributed by atoms with Crippen molar-refractivity contribution in [3.63, 3.8) is 0 Å². The van der Waals surface area contributed by atoms with Crippen LogP contribution in [0.15, 0.2) is 47.3 Å². The van der Waals surface area contributed by atoms with Gasteiger partial charge < -0.3 is 10.6 Å². The Hall–Kier alpha value is -2.53. The minimum absolute atomic E-state index is 0.330. The molecule has 5 nitrogen and oxygen atoms in total. The third-order valence-electron chi connectivity index (χ3n) is 3.22. The summed E-state index contributed by atoms with van der Waals surface area (Å²) < 4.78 is 6.29. The Bertz CT molecular complexity index is 872. The van der Waals surface area contributed by atoms with Crippen LogP contribution in [0.25, 0.3) is 22.3 Å². The highest BCUT2D eigenvalue weighted by Crippen LogP contribution is 2.24. The molecule has 0 radical (unpaired) electrons. The topological polar surface area (TPSA) is 70.1 Å². The number of nitrogens with zero attached hydrogens (tertiary/aromatic N) is 2. The van der Waals surface area contributed by atoms with E-state index in [9.17, 15) is 4.79 Å². The van der Waals surface area contributed by atoms with Crippen LogP contribution in [-0.4, -0.2) is 16.8 Å². The second-order valence-corrected chi connectivity index (χ2v) is 4.91. The first-order valence-electron chi connectivity index (χ1n) is 6.22. The Kier molecular flexibility index (Phi) is 3.27. The van der Waals surface area contributed by atoms with Gasteiger partial charge in [0.2, 0.25) is 0 Å². The van der Waals surface area contributed by atoms with Crippen LogP contribution < -0.4 is 16.1 Å². The van der Waals surface area contributed by atoms with E-state index in [-0.39, 0.29) is 5.56 Å². The molecular formula is C15H12ClN3O2. The smallest absolute Gasteiger partial charge is 0.280 e. The van der Waals surface area contributed by atoms with Gasteiger partial charge in [-0.05, 0) is 36.4 Å². The molecule has 0 unspecified atom stereocenters. The molecule has 6 heteroatoms. The number of benzene rings is 2. The summed E-state index contributed by atoms with van der Waals surface area (Å²) in [5, 5.41) is 1.01. The Balaban J connectivity index is 2.36. The number of nitrogen functional groups attached to an aromatic ring is 1. The molecule has 0 aliphatic carbocycles. The van der Waals surface area contributed by atoms with Crippen LogP contribution in [0.3, 0.4) is 0 Å². The molecule has 3 rings (SSSR count). The van der Waals surface area contributed by atoms with Crippen molar-refractivity contribution < 1.29 is 4.74 Å². The van der Waals surface area contributed by atoms with E-state index in [1.54, 1.807) is 42.5 Å². The van der Waals surface area contributed by atoms with Crippen LogP contribution >= 0.6 is 11.6 Å². The lowest BCUT2D eigenvalue weighted by Gasteiger charge is -2.11. The molecule has 0 bridgehead atoms. The van der Waals surface area contributed by atoms with Gasteiger partial charge in [-0.3, -0.25) is 4.79 Å². The zero-order chi connectivity index (χ0) is 15.0. The van der Waals surface area contributed by atoms with E-state index >= 15 is 0 Å². The number of aromatic nitrogens is 2. The fourth-order valence-corrected chi connectivity index (χ4v) is 2.29. The summed E-state index contributed by atoms with van der Waals surface area (Å²) in [5.41, 5.74) is 0.854. The van der Waals surface area contributed by atoms with E-state index in [1.807, 2.05) is 0 Å². The molecule has 21 heavy (non-hydrogen) atoms. The van der Waals surface area contributed by atoms with Crippen molar-refractivity contribution in [1.82, 2.24) is 9.66 Å². The number of hydrogen-bond donors (Lipinski definition) is 1. The lowest BCUT2D eigenvalue weighted by Crippen LogP contribution is -2.30. The summed E-state index contributed by atoms with van der Waals surface area (Å²) in [6.07, 6.45) is 0. The van der Waals surface area contributed by atoms with Gasteiger partial charge in [0, 0.05) is 10.6 Å². The highest BCUT2D eigenvalue weighted by atomic mass is 35.5. The first-order valence-corrected chi connectivity index (χ1v) is 6.60. The van der Waals surface area contributed by atoms with Crippen LogP contribution in [0.5, 0.6) is 5.75 Å². The van der Waals surface area contributed by atoms with Gasteiger partial charge >= 0.3 is 0 Å². The molecule has 106 valence electrons. The molecule has 0 aliphatic heterocycles. The second kappa shape index (κ2) is 5.10. The Labute approximate surface area is 125 Å². The van der Waals surface area contributed by atoms with Gasteiger partial charge in [-0.1, -0.05) is 17.7 Å². The number of methoxy groups -OCH3 is 1. The molecule has 0 aliphatic rings. The minimum Gasteiger partial charge on any atom is -0.494 e. The predicted molar refractivity (Wildman–Crippen MR) is 83.2 cm³/mol. The number of rotatable bonds is 2. The van der Waals surface area contributed by atoms with E-state index in [0.29, 0.717) is 33.1 Å². The minimum atomic E-state index is -0.330. The number of nitrogens with two attached hydrogens (primary N) is 1. The highest BCUT2D eigenvalue weighted by molar-refractivity contribution is 6.30. The van der Waals surface area contributed by atoms with Gasteiger partial charge in [0.15, 0.2) is 5.82 Å². The van der Waals surface area contributed by atoms with Crippen LogP contribution in [0.1, 0.15) is 0 Å². The molecule has 0 spiro atoms. The van der Waals surface area contributed by atoms with E-state index in [4.69, 9.17) is 22.2 Å². The summed E-state index contributed by atoms with van der Waals surface area (Å²) in [6, 6.07) is 12.1. The Morgan fingerprint density at radius 2 is 1.90 bits per heavy atom. The van der Waals surface area contributed by atoms with E-state index in [0.717, 1.165) is 4.68 Å². The molecule has 0 amide bonds. The molecule has 0 fully saturated rings. The molecule has 2 N–H and O–H groups in total. The SMILES string of the molecule is COc1cccc2c(=O)n(N)c(-c3ccc(Cl)cc3)nc12. The standard InChI is InChI=1S/C15H12ClN3O2/c1-21-12-4-2-3-11-13(12)18-14(19(17)15(11)20)9-5-7-10(16)8-6-9/h2-8H,17H2,1H3. The average Bonchev–Trinajstić information content (AvgIpc) is 2.51. The molecule has 0 atom stereocenters. The maximum absolute atomic E-state index is 12.4. The quantitative estimate of drug-likeness (QED) is 0.738. The lowest BCUT2D eigenvalue weighted by atomic mass is 10.2. The number of fused-ring (bicyclic) bond motifs is 1. The van der Waals surface area contributed by atoms with Crippen molar-refractivity contribution in [2.75, 3.05) is 13.0 Å². The largest absolute Gasteiger partial charge is 0.494 e. The van der Waals surface area contributed by atoms with Crippen LogP contribution in [0, 0.1) is 0 Å². The summed E-state index contributed by atoms with van der Waals surface area (Å²) in [4.78, 5) is 16.8. The summed E-state index contributed by atoms with van der Waals surface area (Å²) in [7, 11) is 1.53. The lowest BCUT2D eigenvalue weighted by molar-refractivity contribution is 0.419. The van der Waals surface area contributed by atoms with Crippen LogP contribution in [0.2, 0.25) is 5.02 Å². The van der Waals surface area contributed by atoms with Crippen LogP contribution in [-0.2, 0) is 0 Å². The monoisotopic (exact) mass is 301 g/mol. The fourth-order valence-electron chi connectivity index (χ4n) is 2.16. The summed E-state index contributed by atoms with van der Waals surface area (Å²) in [5.74, 6) is 6.76. The zero-order valence-electron chi connectivity index (χ0n) is 11.2. The summed E-state index contributed by atoms with van der Waals surface area (Å²) in [6.45, 7) is 0. The predicted octanol–water partition coefficient (Wildman–Crippen LogP) is 2.44. The van der Waals surface area contributed by atoms with Crippen molar-refractivity contribution >= 4 is 22.5 Å². The van der Waals surface area contributed by atoms with Gasteiger partial charge in [0.1, 0.15) is 11.3 Å². The first kappa shape index (κ1) is 13.5. The van der Waals surface area contributed by atoms with Crippen LogP contribution in [0.4, 0.5) is 0 Å². The molecule has 3 aromatic rings. The Morgan fingerprint density at radius 1 is 1.19 bits per heavy atom.